The van der Waals surface area contributed by atoms with Gasteiger partial charge in [-0.1, -0.05) is 56.5 Å². The number of anilines is 1. The molecule has 5 nitrogen and oxygen atoms in total. The van der Waals surface area contributed by atoms with Gasteiger partial charge in [0, 0.05) is 18.3 Å². The molecule has 0 aliphatic rings. The van der Waals surface area contributed by atoms with Crippen molar-refractivity contribution in [2.45, 2.75) is 37.5 Å². The minimum absolute atomic E-state index is 0.191. The minimum Gasteiger partial charge on any atom is -0.323 e. The first-order chi connectivity index (χ1) is 13.0. The lowest BCUT2D eigenvalue weighted by atomic mass is 10.2. The molecular weight excluding hydrogens is 360 g/mol. The third kappa shape index (κ3) is 7.37. The Bertz CT molecular complexity index is 845. The van der Waals surface area contributed by atoms with E-state index >= 15 is 0 Å². The lowest BCUT2D eigenvalue weighted by Crippen LogP contribution is -2.24. The van der Waals surface area contributed by atoms with Crippen molar-refractivity contribution in [1.29, 1.82) is 0 Å². The average Bonchev–Trinajstić information content (AvgIpc) is 2.67. The van der Waals surface area contributed by atoms with Gasteiger partial charge in [0.1, 0.15) is 0 Å². The summed E-state index contributed by atoms with van der Waals surface area (Å²) in [7, 11) is -3.52. The first-order valence-corrected chi connectivity index (χ1v) is 10.6. The van der Waals surface area contributed by atoms with Crippen molar-refractivity contribution in [2.24, 2.45) is 0 Å². The maximum atomic E-state index is 12.2. The van der Waals surface area contributed by atoms with E-state index in [0.29, 0.717) is 12.2 Å². The van der Waals surface area contributed by atoms with Crippen LogP contribution in [-0.4, -0.2) is 20.9 Å². The Labute approximate surface area is 161 Å². The highest BCUT2D eigenvalue weighted by Crippen LogP contribution is 2.14. The lowest BCUT2D eigenvalue weighted by Gasteiger charge is -2.08. The summed E-state index contributed by atoms with van der Waals surface area (Å²) in [6.07, 6.45) is 7.22. The molecule has 6 heteroatoms. The molecule has 0 aliphatic carbocycles. The molecule has 0 unspecified atom stereocenters. The van der Waals surface area contributed by atoms with Crippen molar-refractivity contribution in [3.63, 3.8) is 0 Å². The number of rotatable bonds is 10. The van der Waals surface area contributed by atoms with Crippen LogP contribution in [0, 0.1) is 0 Å². The van der Waals surface area contributed by atoms with Gasteiger partial charge in [-0.25, -0.2) is 13.1 Å². The second-order valence-electron chi connectivity index (χ2n) is 6.22. The summed E-state index contributed by atoms with van der Waals surface area (Å²) in [4.78, 5) is 12.2. The maximum absolute atomic E-state index is 12.2. The number of carbonyl (C=O) groups is 1. The summed E-state index contributed by atoms with van der Waals surface area (Å²) < 4.78 is 27.1. The van der Waals surface area contributed by atoms with Crippen molar-refractivity contribution in [3.8, 4) is 0 Å². The van der Waals surface area contributed by atoms with Crippen molar-refractivity contribution in [2.75, 3.05) is 11.9 Å². The molecule has 0 atom stereocenters. The smallest absolute Gasteiger partial charge is 0.248 e. The fourth-order valence-electron chi connectivity index (χ4n) is 2.48. The topological polar surface area (TPSA) is 75.3 Å². The van der Waals surface area contributed by atoms with E-state index in [9.17, 15) is 13.2 Å². The molecule has 0 saturated heterocycles. The highest BCUT2D eigenvalue weighted by atomic mass is 32.2. The predicted molar refractivity (Wildman–Crippen MR) is 110 cm³/mol. The number of hydrogen-bond donors (Lipinski definition) is 2. The second kappa shape index (κ2) is 10.6. The van der Waals surface area contributed by atoms with E-state index in [-0.39, 0.29) is 10.8 Å². The van der Waals surface area contributed by atoms with Crippen LogP contribution in [0.3, 0.4) is 0 Å². The Balaban J connectivity index is 1.88. The first-order valence-electron chi connectivity index (χ1n) is 9.15. The monoisotopic (exact) mass is 386 g/mol. The number of benzene rings is 2. The SMILES string of the molecule is CCCCCCNS(=O)(=O)c1ccc(NC(=O)C=Cc2ccccc2)cc1. The average molecular weight is 387 g/mol. The van der Waals surface area contributed by atoms with Gasteiger partial charge < -0.3 is 5.32 Å². The van der Waals surface area contributed by atoms with Crippen LogP contribution in [-0.2, 0) is 14.8 Å². The lowest BCUT2D eigenvalue weighted by molar-refractivity contribution is -0.111. The number of hydrogen-bond acceptors (Lipinski definition) is 3. The zero-order chi connectivity index (χ0) is 19.5. The number of unbranched alkanes of at least 4 members (excludes halogenated alkanes) is 3. The highest BCUT2D eigenvalue weighted by Gasteiger charge is 2.13. The molecule has 0 spiro atoms. The van der Waals surface area contributed by atoms with Gasteiger partial charge >= 0.3 is 0 Å². The van der Waals surface area contributed by atoms with Crippen LogP contribution in [0.5, 0.6) is 0 Å². The van der Waals surface area contributed by atoms with Crippen LogP contribution in [0.4, 0.5) is 5.69 Å². The number of sulfonamides is 1. The quantitative estimate of drug-likeness (QED) is 0.475. The fourth-order valence-corrected chi connectivity index (χ4v) is 3.55. The van der Waals surface area contributed by atoms with E-state index in [1.54, 1.807) is 18.2 Å². The Morgan fingerprint density at radius 1 is 0.963 bits per heavy atom. The van der Waals surface area contributed by atoms with E-state index in [0.717, 1.165) is 31.2 Å². The molecule has 27 heavy (non-hydrogen) atoms. The maximum Gasteiger partial charge on any atom is 0.248 e. The van der Waals surface area contributed by atoms with Crippen molar-refractivity contribution >= 4 is 27.7 Å². The third-order valence-corrected chi connectivity index (χ3v) is 5.46. The molecule has 2 aromatic rings. The molecule has 0 saturated carbocycles. The number of nitrogens with one attached hydrogen (secondary N) is 2. The van der Waals surface area contributed by atoms with E-state index in [1.165, 1.54) is 18.2 Å². The zero-order valence-corrected chi connectivity index (χ0v) is 16.3. The fraction of sp³-hybridized carbons (Fsp3) is 0.286. The molecule has 144 valence electrons. The van der Waals surface area contributed by atoms with Crippen LogP contribution in [0.2, 0.25) is 0 Å². The molecule has 0 bridgehead atoms. The molecule has 0 aromatic heterocycles. The Morgan fingerprint density at radius 2 is 1.67 bits per heavy atom. The van der Waals surface area contributed by atoms with Crippen LogP contribution in [0.25, 0.3) is 6.08 Å². The van der Waals surface area contributed by atoms with Gasteiger partial charge in [-0.15, -0.1) is 0 Å². The Kier molecular flexibility index (Phi) is 8.23. The summed E-state index contributed by atoms with van der Waals surface area (Å²) in [5, 5.41) is 2.72. The zero-order valence-electron chi connectivity index (χ0n) is 15.5. The third-order valence-electron chi connectivity index (χ3n) is 3.98. The van der Waals surface area contributed by atoms with Gasteiger partial charge in [0.15, 0.2) is 0 Å². The van der Waals surface area contributed by atoms with E-state index < -0.39 is 10.0 Å². The Hall–Kier alpha value is -2.44. The van der Waals surface area contributed by atoms with Gasteiger partial charge in [-0.05, 0) is 42.3 Å². The van der Waals surface area contributed by atoms with E-state index in [4.69, 9.17) is 0 Å². The van der Waals surface area contributed by atoms with Crippen molar-refractivity contribution < 1.29 is 13.2 Å². The van der Waals surface area contributed by atoms with Gasteiger partial charge in [0.05, 0.1) is 4.90 Å². The predicted octanol–water partition coefficient (Wildman–Crippen LogP) is 4.20. The van der Waals surface area contributed by atoms with Gasteiger partial charge in [0.2, 0.25) is 15.9 Å². The molecule has 0 heterocycles. The molecular formula is C21H26N2O3S. The van der Waals surface area contributed by atoms with Crippen molar-refractivity contribution in [1.82, 2.24) is 4.72 Å². The standard InChI is InChI=1S/C21H26N2O3S/c1-2-3-4-8-17-22-27(25,26)20-14-12-19(13-15-20)23-21(24)16-11-18-9-6-5-7-10-18/h5-7,9-16,22H,2-4,8,17H2,1H3,(H,23,24). The summed E-state index contributed by atoms with van der Waals surface area (Å²) in [5.74, 6) is -0.275. The first kappa shape index (κ1) is 20.9. The van der Waals surface area contributed by atoms with Crippen LogP contribution >= 0.6 is 0 Å². The molecule has 0 fully saturated rings. The van der Waals surface area contributed by atoms with Gasteiger partial charge in [-0.3, -0.25) is 4.79 Å². The van der Waals surface area contributed by atoms with Crippen LogP contribution < -0.4 is 10.0 Å². The molecule has 0 radical (unpaired) electrons. The number of carbonyl (C=O) groups excluding carboxylic acids is 1. The van der Waals surface area contributed by atoms with E-state index in [1.807, 2.05) is 30.3 Å². The van der Waals surface area contributed by atoms with Crippen LogP contribution in [0.1, 0.15) is 38.2 Å². The second-order valence-corrected chi connectivity index (χ2v) is 7.98. The summed E-state index contributed by atoms with van der Waals surface area (Å²) in [5.41, 5.74) is 1.47. The van der Waals surface area contributed by atoms with E-state index in [2.05, 4.69) is 17.0 Å². The van der Waals surface area contributed by atoms with Crippen molar-refractivity contribution in [3.05, 3.63) is 66.2 Å². The summed E-state index contributed by atoms with van der Waals surface area (Å²) in [6.45, 7) is 2.55. The number of amides is 1. The highest BCUT2D eigenvalue weighted by molar-refractivity contribution is 7.89. The summed E-state index contributed by atoms with van der Waals surface area (Å²) >= 11 is 0. The molecule has 0 aliphatic heterocycles. The largest absolute Gasteiger partial charge is 0.323 e. The molecule has 2 N–H and O–H groups in total. The Morgan fingerprint density at radius 3 is 2.33 bits per heavy atom. The normalized spacial score (nSPS) is 11.6. The van der Waals surface area contributed by atoms with Gasteiger partial charge in [0.25, 0.3) is 0 Å². The van der Waals surface area contributed by atoms with Gasteiger partial charge in [-0.2, -0.15) is 0 Å². The molecule has 1 amide bonds. The van der Waals surface area contributed by atoms with Crippen LogP contribution in [0.15, 0.2) is 65.6 Å². The molecule has 2 aromatic carbocycles. The summed E-state index contributed by atoms with van der Waals surface area (Å²) in [6, 6.07) is 15.7. The minimum atomic E-state index is -3.52. The molecule has 2 rings (SSSR count).